The largest absolute Gasteiger partial charge is 0.566 e. The van der Waals surface area contributed by atoms with Gasteiger partial charge in [-0.05, 0) is 39.3 Å². The van der Waals surface area contributed by atoms with Gasteiger partial charge in [0.2, 0.25) is 0 Å². The lowest BCUT2D eigenvalue weighted by atomic mass is 10.0. The standard InChI is InChI=1S/C16H19BN4O/c1-9-7-14(20(5)11(9)3)13(8-18)16(22-17)15-10(2)19-21(6)12(15)4/h7H,1-6H3. The second-order valence-electron chi connectivity index (χ2n) is 5.46. The summed E-state index contributed by atoms with van der Waals surface area (Å²) in [5, 5.41) is 14.0. The van der Waals surface area contributed by atoms with Gasteiger partial charge in [0, 0.05) is 25.5 Å². The van der Waals surface area contributed by atoms with Crippen molar-refractivity contribution in [2.45, 2.75) is 27.7 Å². The number of allylic oxidation sites excluding steroid dienone is 1. The Morgan fingerprint density at radius 3 is 2.23 bits per heavy atom. The van der Waals surface area contributed by atoms with Crippen LogP contribution in [0.4, 0.5) is 0 Å². The minimum absolute atomic E-state index is 0.353. The normalized spacial score (nSPS) is 12.0. The lowest BCUT2D eigenvalue weighted by Gasteiger charge is -2.12. The van der Waals surface area contributed by atoms with Gasteiger partial charge >= 0.3 is 8.05 Å². The van der Waals surface area contributed by atoms with Crippen molar-refractivity contribution in [2.24, 2.45) is 14.1 Å². The Balaban J connectivity index is 2.80. The molecular formula is C16H19BN4O. The smallest absolute Gasteiger partial charge is 0.374 e. The number of aryl methyl sites for hydroxylation is 3. The van der Waals surface area contributed by atoms with Crippen molar-refractivity contribution >= 4 is 19.4 Å². The van der Waals surface area contributed by atoms with Crippen molar-refractivity contribution in [3.05, 3.63) is 40.0 Å². The molecule has 0 aliphatic rings. The fourth-order valence-corrected chi connectivity index (χ4v) is 2.66. The molecule has 0 atom stereocenters. The van der Waals surface area contributed by atoms with Crippen LogP contribution in [0.15, 0.2) is 6.07 Å². The summed E-state index contributed by atoms with van der Waals surface area (Å²) in [5.74, 6) is 0.353. The van der Waals surface area contributed by atoms with Crippen molar-refractivity contribution in [3.8, 4) is 6.07 Å². The quantitative estimate of drug-likeness (QED) is 0.496. The Labute approximate surface area is 132 Å². The molecule has 2 aromatic rings. The SMILES string of the molecule is [B]OC(=C(C#N)c1cc(C)c(C)n1C)c1c(C)nn(C)c1C. The van der Waals surface area contributed by atoms with Crippen LogP contribution in [0.25, 0.3) is 11.3 Å². The highest BCUT2D eigenvalue weighted by molar-refractivity contribution is 6.06. The van der Waals surface area contributed by atoms with Gasteiger partial charge in [-0.1, -0.05) is 0 Å². The molecule has 2 aromatic heterocycles. The van der Waals surface area contributed by atoms with E-state index in [0.29, 0.717) is 11.3 Å². The van der Waals surface area contributed by atoms with Gasteiger partial charge in [0.1, 0.15) is 17.4 Å². The first-order chi connectivity index (χ1) is 10.3. The first-order valence-corrected chi connectivity index (χ1v) is 6.98. The van der Waals surface area contributed by atoms with Crippen LogP contribution in [0, 0.1) is 39.0 Å². The number of hydrogen-bond donors (Lipinski definition) is 0. The van der Waals surface area contributed by atoms with Crippen molar-refractivity contribution in [3.63, 3.8) is 0 Å². The molecular weight excluding hydrogens is 275 g/mol. The fraction of sp³-hybridized carbons (Fsp3) is 0.375. The molecule has 0 unspecified atom stereocenters. The molecule has 0 N–H and O–H groups in total. The van der Waals surface area contributed by atoms with E-state index in [1.54, 1.807) is 4.68 Å². The Hall–Kier alpha value is -2.42. The van der Waals surface area contributed by atoms with Crippen LogP contribution in [0.5, 0.6) is 0 Å². The van der Waals surface area contributed by atoms with Crippen LogP contribution < -0.4 is 0 Å². The summed E-state index contributed by atoms with van der Waals surface area (Å²) >= 11 is 0. The van der Waals surface area contributed by atoms with E-state index in [-0.39, 0.29) is 0 Å². The van der Waals surface area contributed by atoms with Crippen LogP contribution in [-0.2, 0) is 18.7 Å². The number of rotatable bonds is 3. The van der Waals surface area contributed by atoms with E-state index in [1.807, 2.05) is 52.4 Å². The minimum atomic E-state index is 0.353. The van der Waals surface area contributed by atoms with Gasteiger partial charge in [-0.2, -0.15) is 10.4 Å². The zero-order chi connectivity index (χ0) is 16.6. The molecule has 0 saturated carbocycles. The van der Waals surface area contributed by atoms with Crippen molar-refractivity contribution in [2.75, 3.05) is 0 Å². The molecule has 22 heavy (non-hydrogen) atoms. The summed E-state index contributed by atoms with van der Waals surface area (Å²) in [5.41, 5.74) is 5.82. The topological polar surface area (TPSA) is 55.8 Å². The molecule has 112 valence electrons. The monoisotopic (exact) mass is 294 g/mol. The minimum Gasteiger partial charge on any atom is -0.566 e. The highest BCUT2D eigenvalue weighted by Gasteiger charge is 2.22. The first-order valence-electron chi connectivity index (χ1n) is 6.98. The van der Waals surface area contributed by atoms with Gasteiger partial charge in [0.25, 0.3) is 0 Å². The Kier molecular flexibility index (Phi) is 4.18. The van der Waals surface area contributed by atoms with Gasteiger partial charge in [-0.15, -0.1) is 0 Å². The average molecular weight is 294 g/mol. The number of hydrogen-bond acceptors (Lipinski definition) is 3. The fourth-order valence-electron chi connectivity index (χ4n) is 2.66. The third-order valence-electron chi connectivity index (χ3n) is 4.24. The molecule has 2 heterocycles. The number of nitriles is 1. The van der Waals surface area contributed by atoms with E-state index in [4.69, 9.17) is 12.7 Å². The van der Waals surface area contributed by atoms with Gasteiger partial charge in [0.15, 0.2) is 0 Å². The van der Waals surface area contributed by atoms with Crippen molar-refractivity contribution in [1.82, 2.24) is 14.3 Å². The molecule has 0 amide bonds. The average Bonchev–Trinajstić information content (AvgIpc) is 2.88. The third kappa shape index (κ3) is 2.33. The highest BCUT2D eigenvalue weighted by Crippen LogP contribution is 2.31. The predicted octanol–water partition coefficient (Wildman–Crippen LogP) is 2.48. The molecule has 0 fully saturated rings. The van der Waals surface area contributed by atoms with E-state index in [9.17, 15) is 5.26 Å². The lowest BCUT2D eigenvalue weighted by Crippen LogP contribution is -2.02. The second-order valence-corrected chi connectivity index (χ2v) is 5.46. The zero-order valence-electron chi connectivity index (χ0n) is 13.9. The van der Waals surface area contributed by atoms with E-state index in [2.05, 4.69) is 11.2 Å². The molecule has 0 bridgehead atoms. The number of aromatic nitrogens is 3. The summed E-state index contributed by atoms with van der Waals surface area (Å²) < 4.78 is 8.83. The molecule has 0 spiro atoms. The zero-order valence-corrected chi connectivity index (χ0v) is 13.9. The van der Waals surface area contributed by atoms with E-state index in [0.717, 1.165) is 33.9 Å². The Morgan fingerprint density at radius 1 is 1.23 bits per heavy atom. The third-order valence-corrected chi connectivity index (χ3v) is 4.24. The molecule has 0 aliphatic carbocycles. The highest BCUT2D eigenvalue weighted by atomic mass is 16.4. The lowest BCUT2D eigenvalue weighted by molar-refractivity contribution is 0.572. The molecule has 6 heteroatoms. The van der Waals surface area contributed by atoms with Crippen LogP contribution in [0.2, 0.25) is 0 Å². The summed E-state index contributed by atoms with van der Waals surface area (Å²) in [6, 6.07) is 4.20. The molecule has 5 nitrogen and oxygen atoms in total. The van der Waals surface area contributed by atoms with Gasteiger partial charge in [0.05, 0.1) is 17.0 Å². The van der Waals surface area contributed by atoms with E-state index < -0.39 is 0 Å². The molecule has 0 aromatic carbocycles. The van der Waals surface area contributed by atoms with E-state index >= 15 is 0 Å². The van der Waals surface area contributed by atoms with Crippen LogP contribution >= 0.6 is 0 Å². The maximum absolute atomic E-state index is 9.67. The van der Waals surface area contributed by atoms with Gasteiger partial charge < -0.3 is 9.22 Å². The predicted molar refractivity (Wildman–Crippen MR) is 86.8 cm³/mol. The van der Waals surface area contributed by atoms with E-state index in [1.165, 1.54) is 0 Å². The molecule has 0 saturated heterocycles. The Bertz CT molecular complexity index is 805. The maximum Gasteiger partial charge on any atom is 0.374 e. The summed E-state index contributed by atoms with van der Waals surface area (Å²) in [6.45, 7) is 7.82. The van der Waals surface area contributed by atoms with Crippen LogP contribution in [0.3, 0.4) is 0 Å². The first kappa shape index (κ1) is 16.0. The molecule has 0 aliphatic heterocycles. The second kappa shape index (κ2) is 5.76. The van der Waals surface area contributed by atoms with Crippen LogP contribution in [-0.4, -0.2) is 22.4 Å². The molecule has 2 rings (SSSR count). The molecule has 2 radical (unpaired) electrons. The number of nitrogens with zero attached hydrogens (tertiary/aromatic N) is 4. The Morgan fingerprint density at radius 2 is 1.86 bits per heavy atom. The maximum atomic E-state index is 9.67. The van der Waals surface area contributed by atoms with Crippen molar-refractivity contribution < 1.29 is 4.65 Å². The van der Waals surface area contributed by atoms with Crippen molar-refractivity contribution in [1.29, 1.82) is 5.26 Å². The van der Waals surface area contributed by atoms with Crippen LogP contribution in [0.1, 0.15) is 33.9 Å². The summed E-state index contributed by atoms with van der Waals surface area (Å²) in [7, 11) is 9.28. The summed E-state index contributed by atoms with van der Waals surface area (Å²) in [6.07, 6.45) is 0. The van der Waals surface area contributed by atoms with Gasteiger partial charge in [-0.25, -0.2) is 0 Å². The summed E-state index contributed by atoms with van der Waals surface area (Å²) in [4.78, 5) is 0. The van der Waals surface area contributed by atoms with Gasteiger partial charge in [-0.3, -0.25) is 4.68 Å².